The van der Waals surface area contributed by atoms with E-state index in [1.165, 1.54) is 0 Å². The zero-order valence-corrected chi connectivity index (χ0v) is 13.1. The zero-order valence-electron chi connectivity index (χ0n) is 13.1. The Morgan fingerprint density at radius 2 is 2.00 bits per heavy atom. The number of H-pyrrole nitrogens is 1. The average molecular weight is 308 g/mol. The molecule has 118 valence electrons. The van der Waals surface area contributed by atoms with Gasteiger partial charge in [-0.3, -0.25) is 4.79 Å². The van der Waals surface area contributed by atoms with Crippen molar-refractivity contribution in [2.45, 2.75) is 13.3 Å². The van der Waals surface area contributed by atoms with E-state index in [0.29, 0.717) is 18.7 Å². The maximum atomic E-state index is 12.0. The first-order valence-electron chi connectivity index (χ1n) is 7.73. The summed E-state index contributed by atoms with van der Waals surface area (Å²) < 4.78 is 0. The first-order valence-corrected chi connectivity index (χ1v) is 7.73. The number of carbonyl (C=O) groups excluding carboxylic acids is 1. The third kappa shape index (κ3) is 3.24. The Hall–Kier alpha value is -2.66. The van der Waals surface area contributed by atoms with Crippen LogP contribution in [0.5, 0.6) is 0 Å². The summed E-state index contributed by atoms with van der Waals surface area (Å²) >= 11 is 0. The summed E-state index contributed by atoms with van der Waals surface area (Å²) in [6.07, 6.45) is 0.780. The monoisotopic (exact) mass is 308 g/mol. The molecule has 23 heavy (non-hydrogen) atoms. The fourth-order valence-corrected chi connectivity index (χ4v) is 2.50. The van der Waals surface area contributed by atoms with Gasteiger partial charge in [0.15, 0.2) is 0 Å². The third-order valence-electron chi connectivity index (χ3n) is 3.80. The van der Waals surface area contributed by atoms with Crippen LogP contribution >= 0.6 is 0 Å². The van der Waals surface area contributed by atoms with E-state index < -0.39 is 0 Å². The quantitative estimate of drug-likeness (QED) is 0.633. The molecule has 0 aliphatic heterocycles. The summed E-state index contributed by atoms with van der Waals surface area (Å²) in [5.74, 6) is 0.731. The van der Waals surface area contributed by atoms with Crippen LogP contribution in [-0.2, 0) is 0 Å². The van der Waals surface area contributed by atoms with E-state index in [-0.39, 0.29) is 5.91 Å². The van der Waals surface area contributed by atoms with Gasteiger partial charge in [-0.05, 0) is 43.7 Å². The van der Waals surface area contributed by atoms with Crippen LogP contribution in [0.2, 0.25) is 0 Å². The minimum absolute atomic E-state index is 0.0783. The molecule has 4 N–H and O–H groups in total. The highest BCUT2D eigenvalue weighted by molar-refractivity contribution is 5.94. The molecular weight excluding hydrogens is 288 g/mol. The van der Waals surface area contributed by atoms with Gasteiger partial charge >= 0.3 is 0 Å². The molecule has 0 fully saturated rings. The maximum absolute atomic E-state index is 12.0. The molecule has 5 heteroatoms. The van der Waals surface area contributed by atoms with E-state index in [9.17, 15) is 4.79 Å². The summed E-state index contributed by atoms with van der Waals surface area (Å²) in [4.78, 5) is 19.9. The molecule has 0 saturated carbocycles. The fraction of sp³-hybridized carbons (Fsp3) is 0.222. The standard InChI is InChI=1S/C18H20N4O/c1-12-4-2-5-15-16(12)22-17(21-15)13-6-8-14(9-7-13)18(23)20-11-3-10-19/h2,4-9H,3,10-11,19H2,1H3,(H,20,23)(H,21,22). The van der Waals surface area contributed by atoms with Crippen molar-refractivity contribution in [3.63, 3.8) is 0 Å². The number of rotatable bonds is 5. The summed E-state index contributed by atoms with van der Waals surface area (Å²) in [5, 5.41) is 2.85. The van der Waals surface area contributed by atoms with Gasteiger partial charge in [0.2, 0.25) is 0 Å². The Bertz CT molecular complexity index is 821. The molecule has 0 aliphatic rings. The zero-order chi connectivity index (χ0) is 16.2. The van der Waals surface area contributed by atoms with Gasteiger partial charge in [-0.25, -0.2) is 4.98 Å². The Balaban J connectivity index is 1.80. The first-order chi connectivity index (χ1) is 11.2. The topological polar surface area (TPSA) is 83.8 Å². The van der Waals surface area contributed by atoms with Gasteiger partial charge in [0.1, 0.15) is 5.82 Å². The van der Waals surface area contributed by atoms with E-state index in [2.05, 4.69) is 15.3 Å². The van der Waals surface area contributed by atoms with Gasteiger partial charge in [0, 0.05) is 17.7 Å². The summed E-state index contributed by atoms with van der Waals surface area (Å²) in [7, 11) is 0. The van der Waals surface area contributed by atoms with Crippen molar-refractivity contribution >= 4 is 16.9 Å². The Labute approximate surface area is 134 Å². The largest absolute Gasteiger partial charge is 0.352 e. The minimum Gasteiger partial charge on any atom is -0.352 e. The predicted octanol–water partition coefficient (Wildman–Crippen LogP) is 2.62. The highest BCUT2D eigenvalue weighted by atomic mass is 16.1. The molecule has 0 radical (unpaired) electrons. The summed E-state index contributed by atoms with van der Waals surface area (Å²) in [6, 6.07) is 13.5. The molecule has 0 unspecified atom stereocenters. The first kappa shape index (κ1) is 15.2. The van der Waals surface area contributed by atoms with Gasteiger partial charge < -0.3 is 16.0 Å². The lowest BCUT2D eigenvalue weighted by Crippen LogP contribution is -2.25. The highest BCUT2D eigenvalue weighted by Crippen LogP contribution is 2.22. The van der Waals surface area contributed by atoms with Crippen LogP contribution in [-0.4, -0.2) is 29.0 Å². The lowest BCUT2D eigenvalue weighted by atomic mass is 10.1. The van der Waals surface area contributed by atoms with Crippen molar-refractivity contribution in [2.75, 3.05) is 13.1 Å². The van der Waals surface area contributed by atoms with Crippen LogP contribution in [0, 0.1) is 6.92 Å². The van der Waals surface area contributed by atoms with Crippen molar-refractivity contribution in [1.29, 1.82) is 0 Å². The second kappa shape index (κ2) is 6.62. The molecular formula is C18H20N4O. The molecule has 0 spiro atoms. The molecule has 5 nitrogen and oxygen atoms in total. The van der Waals surface area contributed by atoms with Crippen molar-refractivity contribution in [3.05, 3.63) is 53.6 Å². The van der Waals surface area contributed by atoms with E-state index in [1.54, 1.807) is 0 Å². The Morgan fingerprint density at radius 1 is 1.22 bits per heavy atom. The normalized spacial score (nSPS) is 10.9. The smallest absolute Gasteiger partial charge is 0.251 e. The van der Waals surface area contributed by atoms with Crippen molar-refractivity contribution < 1.29 is 4.79 Å². The second-order valence-corrected chi connectivity index (χ2v) is 5.53. The number of hydrogen-bond donors (Lipinski definition) is 3. The van der Waals surface area contributed by atoms with Gasteiger partial charge in [-0.15, -0.1) is 0 Å². The Morgan fingerprint density at radius 3 is 2.70 bits per heavy atom. The van der Waals surface area contributed by atoms with Gasteiger partial charge in [0.25, 0.3) is 5.91 Å². The molecule has 1 aromatic heterocycles. The number of amides is 1. The molecule has 1 heterocycles. The molecule has 3 aromatic rings. The number of fused-ring (bicyclic) bond motifs is 1. The lowest BCUT2D eigenvalue weighted by Gasteiger charge is -2.04. The molecule has 2 aromatic carbocycles. The van der Waals surface area contributed by atoms with E-state index in [0.717, 1.165) is 34.4 Å². The van der Waals surface area contributed by atoms with Crippen LogP contribution in [0.3, 0.4) is 0 Å². The summed E-state index contributed by atoms with van der Waals surface area (Å²) in [6.45, 7) is 3.21. The second-order valence-electron chi connectivity index (χ2n) is 5.53. The van der Waals surface area contributed by atoms with Crippen LogP contribution in [0.1, 0.15) is 22.3 Å². The van der Waals surface area contributed by atoms with Crippen LogP contribution in [0.25, 0.3) is 22.4 Å². The summed E-state index contributed by atoms with van der Waals surface area (Å²) in [5.41, 5.74) is 10.1. The number of aromatic nitrogens is 2. The number of nitrogens with one attached hydrogen (secondary N) is 2. The molecule has 0 atom stereocenters. The van der Waals surface area contributed by atoms with Gasteiger partial charge in [-0.2, -0.15) is 0 Å². The third-order valence-corrected chi connectivity index (χ3v) is 3.80. The number of hydrogen-bond acceptors (Lipinski definition) is 3. The predicted molar refractivity (Wildman–Crippen MR) is 92.3 cm³/mol. The molecule has 0 aliphatic carbocycles. The van der Waals surface area contributed by atoms with Crippen molar-refractivity contribution in [3.8, 4) is 11.4 Å². The highest BCUT2D eigenvalue weighted by Gasteiger charge is 2.09. The number of para-hydroxylation sites is 1. The molecule has 3 rings (SSSR count). The molecule has 0 saturated heterocycles. The molecule has 0 bridgehead atoms. The van der Waals surface area contributed by atoms with Crippen LogP contribution in [0.15, 0.2) is 42.5 Å². The number of aromatic amines is 1. The van der Waals surface area contributed by atoms with Crippen LogP contribution in [0.4, 0.5) is 0 Å². The fourth-order valence-electron chi connectivity index (χ4n) is 2.50. The maximum Gasteiger partial charge on any atom is 0.251 e. The van der Waals surface area contributed by atoms with Gasteiger partial charge in [0.05, 0.1) is 11.0 Å². The number of imidazole rings is 1. The minimum atomic E-state index is -0.0783. The van der Waals surface area contributed by atoms with E-state index >= 15 is 0 Å². The lowest BCUT2D eigenvalue weighted by molar-refractivity contribution is 0.0953. The number of aryl methyl sites for hydroxylation is 1. The number of nitrogens with two attached hydrogens (primary N) is 1. The number of benzene rings is 2. The van der Waals surface area contributed by atoms with E-state index in [4.69, 9.17) is 5.73 Å². The van der Waals surface area contributed by atoms with Crippen molar-refractivity contribution in [2.24, 2.45) is 5.73 Å². The van der Waals surface area contributed by atoms with Crippen LogP contribution < -0.4 is 11.1 Å². The average Bonchev–Trinajstić information content (AvgIpc) is 3.01. The molecule has 1 amide bonds. The SMILES string of the molecule is Cc1cccc2[nH]c(-c3ccc(C(=O)NCCCN)cc3)nc12. The number of carbonyl (C=O) groups is 1. The van der Waals surface area contributed by atoms with Gasteiger partial charge in [-0.1, -0.05) is 24.3 Å². The van der Waals surface area contributed by atoms with E-state index in [1.807, 2.05) is 49.4 Å². The Kier molecular flexibility index (Phi) is 4.39. The number of nitrogens with zero attached hydrogens (tertiary/aromatic N) is 1. The van der Waals surface area contributed by atoms with Crippen molar-refractivity contribution in [1.82, 2.24) is 15.3 Å².